The largest absolute Gasteiger partial charge is 0.477 e. The number of anilines is 1. The number of benzene rings is 1. The normalized spacial score (nSPS) is 20.3. The molecule has 1 aromatic carbocycles. The number of nitrogens with two attached hydrogens (primary N) is 1. The maximum atomic E-state index is 15.1. The van der Waals surface area contributed by atoms with E-state index in [9.17, 15) is 14.7 Å². The molecule has 1 unspecified atom stereocenters. The fourth-order valence-electron chi connectivity index (χ4n) is 3.96. The fraction of sp³-hybridized carbons (Fsp3) is 0.474. The van der Waals surface area contributed by atoms with Crippen molar-refractivity contribution in [3.8, 4) is 0 Å². The van der Waals surface area contributed by atoms with E-state index in [1.165, 1.54) is 12.3 Å². The highest BCUT2D eigenvalue weighted by Crippen LogP contribution is 2.40. The SMILES string of the molecule is Cc1c(N2CCOCC2CN)c(F)cc2c(=O)c(C(=O)O)cn(C3CC3)c12. The van der Waals surface area contributed by atoms with Gasteiger partial charge in [-0.05, 0) is 31.4 Å². The average molecular weight is 375 g/mol. The van der Waals surface area contributed by atoms with Crippen LogP contribution in [-0.2, 0) is 4.74 Å². The molecule has 0 radical (unpaired) electrons. The van der Waals surface area contributed by atoms with Gasteiger partial charge in [0.05, 0.1) is 30.5 Å². The molecule has 2 aromatic rings. The summed E-state index contributed by atoms with van der Waals surface area (Å²) in [5.74, 6) is -1.84. The second-order valence-corrected chi connectivity index (χ2v) is 7.20. The Balaban J connectivity index is 2.01. The van der Waals surface area contributed by atoms with E-state index < -0.39 is 17.2 Å². The first-order valence-corrected chi connectivity index (χ1v) is 9.09. The summed E-state index contributed by atoms with van der Waals surface area (Å²) in [5, 5.41) is 9.48. The number of carboxylic acid groups (broad SMARTS) is 1. The van der Waals surface area contributed by atoms with Crippen molar-refractivity contribution in [2.24, 2.45) is 5.73 Å². The number of nitrogens with zero attached hydrogens (tertiary/aromatic N) is 2. The van der Waals surface area contributed by atoms with Crippen LogP contribution in [0, 0.1) is 12.7 Å². The molecule has 2 aliphatic rings. The van der Waals surface area contributed by atoms with Crippen molar-refractivity contribution in [1.82, 2.24) is 4.57 Å². The Labute approximate surface area is 155 Å². The van der Waals surface area contributed by atoms with E-state index in [1.807, 2.05) is 9.47 Å². The molecule has 27 heavy (non-hydrogen) atoms. The molecular formula is C19H22FN3O4. The van der Waals surface area contributed by atoms with Gasteiger partial charge in [0.2, 0.25) is 5.43 Å². The molecule has 1 aliphatic carbocycles. The molecule has 2 heterocycles. The second kappa shape index (κ2) is 6.61. The van der Waals surface area contributed by atoms with Crippen LogP contribution in [0.2, 0.25) is 0 Å². The zero-order valence-corrected chi connectivity index (χ0v) is 15.1. The number of rotatable bonds is 4. The summed E-state index contributed by atoms with van der Waals surface area (Å²) in [7, 11) is 0. The van der Waals surface area contributed by atoms with E-state index in [1.54, 1.807) is 6.92 Å². The molecule has 1 saturated heterocycles. The Morgan fingerprint density at radius 1 is 1.44 bits per heavy atom. The topological polar surface area (TPSA) is 97.8 Å². The molecule has 0 amide bonds. The third kappa shape index (κ3) is 2.89. The van der Waals surface area contributed by atoms with E-state index >= 15 is 4.39 Å². The number of aromatic nitrogens is 1. The van der Waals surface area contributed by atoms with E-state index in [4.69, 9.17) is 10.5 Å². The smallest absolute Gasteiger partial charge is 0.341 e. The Hall–Kier alpha value is -2.45. The van der Waals surface area contributed by atoms with Gasteiger partial charge in [-0.3, -0.25) is 4.79 Å². The molecule has 7 nitrogen and oxygen atoms in total. The standard InChI is InChI=1S/C19H22FN3O4/c1-10-16-13(18(24)14(19(25)26)8-23(16)11-2-3-11)6-15(20)17(10)22-4-5-27-9-12(22)7-21/h6,8,11-12H,2-5,7,9,21H2,1H3,(H,25,26). The summed E-state index contributed by atoms with van der Waals surface area (Å²) >= 11 is 0. The number of hydrogen-bond acceptors (Lipinski definition) is 5. The highest BCUT2D eigenvalue weighted by Gasteiger charge is 2.31. The van der Waals surface area contributed by atoms with Gasteiger partial charge in [-0.1, -0.05) is 0 Å². The predicted octanol–water partition coefficient (Wildman–Crippen LogP) is 1.65. The van der Waals surface area contributed by atoms with Crippen LogP contribution in [0.15, 0.2) is 17.1 Å². The van der Waals surface area contributed by atoms with Crippen molar-refractivity contribution >= 4 is 22.6 Å². The van der Waals surface area contributed by atoms with E-state index in [0.29, 0.717) is 43.1 Å². The average Bonchev–Trinajstić information content (AvgIpc) is 3.47. The molecule has 1 atom stereocenters. The molecule has 1 saturated carbocycles. The van der Waals surface area contributed by atoms with Gasteiger partial charge in [0, 0.05) is 30.7 Å². The van der Waals surface area contributed by atoms with Crippen molar-refractivity contribution in [2.75, 3.05) is 31.2 Å². The van der Waals surface area contributed by atoms with Crippen LogP contribution in [0.3, 0.4) is 0 Å². The lowest BCUT2D eigenvalue weighted by Crippen LogP contribution is -2.50. The molecule has 4 rings (SSSR count). The van der Waals surface area contributed by atoms with Gasteiger partial charge < -0.3 is 25.0 Å². The number of aromatic carboxylic acids is 1. The van der Waals surface area contributed by atoms with Gasteiger partial charge in [-0.25, -0.2) is 9.18 Å². The van der Waals surface area contributed by atoms with Gasteiger partial charge in [-0.15, -0.1) is 0 Å². The first-order valence-electron chi connectivity index (χ1n) is 9.09. The first kappa shape index (κ1) is 17.9. The van der Waals surface area contributed by atoms with Crippen LogP contribution in [0.25, 0.3) is 10.9 Å². The number of ether oxygens (including phenoxy) is 1. The Morgan fingerprint density at radius 2 is 2.19 bits per heavy atom. The van der Waals surface area contributed by atoms with Crippen LogP contribution >= 0.6 is 0 Å². The Bertz CT molecular complexity index is 983. The minimum atomic E-state index is -1.30. The van der Waals surface area contributed by atoms with E-state index in [-0.39, 0.29) is 23.0 Å². The predicted molar refractivity (Wildman–Crippen MR) is 99.1 cm³/mol. The van der Waals surface area contributed by atoms with Gasteiger partial charge in [0.25, 0.3) is 0 Å². The first-order chi connectivity index (χ1) is 12.9. The summed E-state index contributed by atoms with van der Waals surface area (Å²) in [5.41, 5.74) is 6.51. The molecule has 3 N–H and O–H groups in total. The minimum absolute atomic E-state index is 0.109. The molecule has 1 aliphatic heterocycles. The van der Waals surface area contributed by atoms with Crippen molar-refractivity contribution in [1.29, 1.82) is 0 Å². The van der Waals surface area contributed by atoms with Gasteiger partial charge in [-0.2, -0.15) is 0 Å². The summed E-state index contributed by atoms with van der Waals surface area (Å²) in [6, 6.07) is 1.16. The Morgan fingerprint density at radius 3 is 2.81 bits per heavy atom. The highest BCUT2D eigenvalue weighted by molar-refractivity contribution is 5.95. The van der Waals surface area contributed by atoms with E-state index in [2.05, 4.69) is 0 Å². The summed E-state index contributed by atoms with van der Waals surface area (Å²) in [6.45, 7) is 3.50. The highest BCUT2D eigenvalue weighted by atomic mass is 19.1. The van der Waals surface area contributed by atoms with Crippen LogP contribution in [-0.4, -0.2) is 48.0 Å². The number of halogens is 1. The zero-order valence-electron chi connectivity index (χ0n) is 15.1. The number of pyridine rings is 1. The van der Waals surface area contributed by atoms with E-state index in [0.717, 1.165) is 12.8 Å². The fourth-order valence-corrected chi connectivity index (χ4v) is 3.96. The number of carboxylic acids is 1. The maximum Gasteiger partial charge on any atom is 0.341 e. The van der Waals surface area contributed by atoms with Gasteiger partial charge in [0.1, 0.15) is 11.4 Å². The van der Waals surface area contributed by atoms with Crippen LogP contribution in [0.5, 0.6) is 0 Å². The third-order valence-electron chi connectivity index (χ3n) is 5.44. The van der Waals surface area contributed by atoms with Gasteiger partial charge >= 0.3 is 5.97 Å². The van der Waals surface area contributed by atoms with Crippen LogP contribution in [0.1, 0.15) is 34.8 Å². The molecule has 8 heteroatoms. The lowest BCUT2D eigenvalue weighted by atomic mass is 10.0. The number of morpholine rings is 1. The maximum absolute atomic E-state index is 15.1. The minimum Gasteiger partial charge on any atom is -0.477 e. The molecule has 1 aromatic heterocycles. The number of aryl methyl sites for hydroxylation is 1. The quantitative estimate of drug-likeness (QED) is 0.843. The van der Waals surface area contributed by atoms with Crippen LogP contribution in [0.4, 0.5) is 10.1 Å². The second-order valence-electron chi connectivity index (χ2n) is 7.20. The number of carbonyl (C=O) groups is 1. The number of hydrogen-bond donors (Lipinski definition) is 2. The zero-order chi connectivity index (χ0) is 19.3. The lowest BCUT2D eigenvalue weighted by Gasteiger charge is -2.38. The molecular weight excluding hydrogens is 353 g/mol. The molecule has 0 bridgehead atoms. The van der Waals surface area contributed by atoms with Crippen molar-refractivity contribution in [3.63, 3.8) is 0 Å². The lowest BCUT2D eigenvalue weighted by molar-refractivity contribution is 0.0694. The third-order valence-corrected chi connectivity index (χ3v) is 5.44. The van der Waals surface area contributed by atoms with Gasteiger partial charge in [0.15, 0.2) is 0 Å². The summed E-state index contributed by atoms with van der Waals surface area (Å²) < 4.78 is 22.4. The van der Waals surface area contributed by atoms with Crippen molar-refractivity contribution in [3.05, 3.63) is 39.4 Å². The number of fused-ring (bicyclic) bond motifs is 1. The molecule has 2 fully saturated rings. The molecule has 144 valence electrons. The monoisotopic (exact) mass is 375 g/mol. The Kier molecular flexibility index (Phi) is 4.39. The van der Waals surface area contributed by atoms with Crippen molar-refractivity contribution in [2.45, 2.75) is 31.8 Å². The summed E-state index contributed by atoms with van der Waals surface area (Å²) in [6.07, 6.45) is 3.22. The van der Waals surface area contributed by atoms with Crippen LogP contribution < -0.4 is 16.1 Å². The molecule has 0 spiro atoms. The van der Waals surface area contributed by atoms with Crippen molar-refractivity contribution < 1.29 is 19.0 Å². The summed E-state index contributed by atoms with van der Waals surface area (Å²) in [4.78, 5) is 26.0.